The van der Waals surface area contributed by atoms with Gasteiger partial charge in [0, 0.05) is 30.9 Å². The van der Waals surface area contributed by atoms with Gasteiger partial charge in [0.2, 0.25) is 0 Å². The minimum Gasteiger partial charge on any atom is -0.353 e. The fourth-order valence-electron chi connectivity index (χ4n) is 2.21. The van der Waals surface area contributed by atoms with E-state index in [2.05, 4.69) is 43.6 Å². The second-order valence-electron chi connectivity index (χ2n) is 4.65. The molecule has 0 saturated heterocycles. The van der Waals surface area contributed by atoms with Gasteiger partial charge in [-0.3, -0.25) is 0 Å². The van der Waals surface area contributed by atoms with Crippen molar-refractivity contribution in [3.8, 4) is 0 Å². The number of aryl methyl sites for hydroxylation is 2. The highest BCUT2D eigenvalue weighted by atomic mass is 15.2. The topological polar surface area (TPSA) is 28.2 Å². The SMILES string of the molecule is C=CCN(CCC)c1nc(C)cc(C)c1CNC. The van der Waals surface area contributed by atoms with E-state index in [-0.39, 0.29) is 0 Å². The van der Waals surface area contributed by atoms with E-state index in [1.807, 2.05) is 13.1 Å². The Balaban J connectivity index is 3.20. The van der Waals surface area contributed by atoms with Gasteiger partial charge in [0.15, 0.2) is 0 Å². The van der Waals surface area contributed by atoms with E-state index in [0.29, 0.717) is 0 Å². The molecule has 0 aliphatic rings. The van der Waals surface area contributed by atoms with Crippen molar-refractivity contribution in [2.45, 2.75) is 33.7 Å². The van der Waals surface area contributed by atoms with Gasteiger partial charge in [0.1, 0.15) is 5.82 Å². The van der Waals surface area contributed by atoms with Crippen molar-refractivity contribution in [2.24, 2.45) is 0 Å². The fraction of sp³-hybridized carbons (Fsp3) is 0.533. The first-order valence-electron chi connectivity index (χ1n) is 6.61. The highest BCUT2D eigenvalue weighted by molar-refractivity contribution is 5.52. The first kappa shape index (κ1) is 14.7. The van der Waals surface area contributed by atoms with E-state index in [4.69, 9.17) is 4.98 Å². The minimum atomic E-state index is 0.848. The fourth-order valence-corrected chi connectivity index (χ4v) is 2.21. The molecule has 0 aliphatic carbocycles. The number of pyridine rings is 1. The van der Waals surface area contributed by atoms with Crippen molar-refractivity contribution >= 4 is 5.82 Å². The van der Waals surface area contributed by atoms with Crippen molar-refractivity contribution < 1.29 is 0 Å². The van der Waals surface area contributed by atoms with E-state index in [0.717, 1.165) is 37.6 Å². The standard InChI is InChI=1S/C15H25N3/c1-6-8-18(9-7-2)15-14(11-16-5)12(3)10-13(4)17-15/h6,10,16H,1,7-9,11H2,2-5H3. The van der Waals surface area contributed by atoms with Crippen LogP contribution in [0.4, 0.5) is 5.82 Å². The zero-order valence-corrected chi connectivity index (χ0v) is 12.1. The maximum absolute atomic E-state index is 4.73. The summed E-state index contributed by atoms with van der Waals surface area (Å²) in [6.45, 7) is 13.0. The molecule has 0 unspecified atom stereocenters. The number of hydrogen-bond donors (Lipinski definition) is 1. The number of aromatic nitrogens is 1. The molecule has 0 amide bonds. The molecule has 3 nitrogen and oxygen atoms in total. The molecule has 1 aromatic heterocycles. The summed E-state index contributed by atoms with van der Waals surface area (Å²) in [5.41, 5.74) is 3.67. The van der Waals surface area contributed by atoms with Gasteiger partial charge in [-0.05, 0) is 38.9 Å². The lowest BCUT2D eigenvalue weighted by Crippen LogP contribution is -2.27. The molecule has 100 valence electrons. The summed E-state index contributed by atoms with van der Waals surface area (Å²) in [6.07, 6.45) is 3.06. The van der Waals surface area contributed by atoms with Gasteiger partial charge in [-0.2, -0.15) is 0 Å². The Morgan fingerprint density at radius 2 is 2.17 bits per heavy atom. The van der Waals surface area contributed by atoms with Gasteiger partial charge in [-0.1, -0.05) is 13.0 Å². The molecule has 1 rings (SSSR count). The van der Waals surface area contributed by atoms with Crippen LogP contribution in [0, 0.1) is 13.8 Å². The van der Waals surface area contributed by atoms with Crippen LogP contribution in [0.1, 0.15) is 30.2 Å². The Labute approximate surface area is 111 Å². The molecule has 0 spiro atoms. The third-order valence-electron chi connectivity index (χ3n) is 2.95. The van der Waals surface area contributed by atoms with E-state index in [1.54, 1.807) is 0 Å². The predicted octanol–water partition coefficient (Wildman–Crippen LogP) is 2.82. The van der Waals surface area contributed by atoms with Crippen LogP contribution in [0.25, 0.3) is 0 Å². The summed E-state index contributed by atoms with van der Waals surface area (Å²) in [5.74, 6) is 1.10. The van der Waals surface area contributed by atoms with Crippen LogP contribution in [-0.4, -0.2) is 25.1 Å². The van der Waals surface area contributed by atoms with Crippen LogP contribution < -0.4 is 10.2 Å². The van der Waals surface area contributed by atoms with E-state index >= 15 is 0 Å². The number of hydrogen-bond acceptors (Lipinski definition) is 3. The normalized spacial score (nSPS) is 10.4. The summed E-state index contributed by atoms with van der Waals surface area (Å²) >= 11 is 0. The second-order valence-corrected chi connectivity index (χ2v) is 4.65. The first-order chi connectivity index (χ1) is 8.63. The average Bonchev–Trinajstić information content (AvgIpc) is 2.32. The van der Waals surface area contributed by atoms with Crippen molar-refractivity contribution in [3.63, 3.8) is 0 Å². The van der Waals surface area contributed by atoms with E-state index < -0.39 is 0 Å². The second kappa shape index (κ2) is 7.17. The lowest BCUT2D eigenvalue weighted by molar-refractivity contribution is 0.761. The highest BCUT2D eigenvalue weighted by Gasteiger charge is 2.13. The molecular formula is C15H25N3. The van der Waals surface area contributed by atoms with E-state index in [9.17, 15) is 0 Å². The molecule has 18 heavy (non-hydrogen) atoms. The van der Waals surface area contributed by atoms with Crippen LogP contribution >= 0.6 is 0 Å². The monoisotopic (exact) mass is 247 g/mol. The zero-order chi connectivity index (χ0) is 13.5. The van der Waals surface area contributed by atoms with Gasteiger partial charge in [0.25, 0.3) is 0 Å². The number of rotatable bonds is 7. The number of nitrogens with one attached hydrogen (secondary N) is 1. The molecule has 0 atom stereocenters. The largest absolute Gasteiger partial charge is 0.353 e. The molecule has 0 bridgehead atoms. The quantitative estimate of drug-likeness (QED) is 0.751. The molecule has 0 aromatic carbocycles. The number of anilines is 1. The van der Waals surface area contributed by atoms with Crippen LogP contribution in [0.5, 0.6) is 0 Å². The minimum absolute atomic E-state index is 0.848. The smallest absolute Gasteiger partial charge is 0.133 e. The molecule has 1 N–H and O–H groups in total. The van der Waals surface area contributed by atoms with E-state index in [1.165, 1.54) is 11.1 Å². The van der Waals surface area contributed by atoms with Crippen LogP contribution in [0.15, 0.2) is 18.7 Å². The number of nitrogens with zero attached hydrogens (tertiary/aromatic N) is 2. The molecular weight excluding hydrogens is 222 g/mol. The molecule has 0 saturated carbocycles. The maximum atomic E-state index is 4.73. The van der Waals surface area contributed by atoms with Gasteiger partial charge >= 0.3 is 0 Å². The average molecular weight is 247 g/mol. The Morgan fingerprint density at radius 3 is 2.72 bits per heavy atom. The summed E-state index contributed by atoms with van der Waals surface area (Å²) in [6, 6.07) is 2.15. The van der Waals surface area contributed by atoms with Crippen molar-refractivity contribution in [3.05, 3.63) is 35.5 Å². The Hall–Kier alpha value is -1.35. The summed E-state index contributed by atoms with van der Waals surface area (Å²) < 4.78 is 0. The van der Waals surface area contributed by atoms with Crippen LogP contribution in [0.3, 0.4) is 0 Å². The zero-order valence-electron chi connectivity index (χ0n) is 12.1. The molecule has 0 fully saturated rings. The van der Waals surface area contributed by atoms with Crippen molar-refractivity contribution in [1.29, 1.82) is 0 Å². The first-order valence-corrected chi connectivity index (χ1v) is 6.61. The van der Waals surface area contributed by atoms with Crippen molar-refractivity contribution in [1.82, 2.24) is 10.3 Å². The van der Waals surface area contributed by atoms with Gasteiger partial charge < -0.3 is 10.2 Å². The van der Waals surface area contributed by atoms with Crippen LogP contribution in [0.2, 0.25) is 0 Å². The lowest BCUT2D eigenvalue weighted by Gasteiger charge is -2.25. The Kier molecular flexibility index (Phi) is 5.86. The molecule has 1 heterocycles. The molecule has 0 aliphatic heterocycles. The van der Waals surface area contributed by atoms with Gasteiger partial charge in [-0.25, -0.2) is 4.98 Å². The predicted molar refractivity (Wildman–Crippen MR) is 79.2 cm³/mol. The van der Waals surface area contributed by atoms with Gasteiger partial charge in [-0.15, -0.1) is 6.58 Å². The molecule has 1 aromatic rings. The third kappa shape index (κ3) is 3.57. The Bertz CT molecular complexity index is 399. The van der Waals surface area contributed by atoms with Crippen LogP contribution in [-0.2, 0) is 6.54 Å². The van der Waals surface area contributed by atoms with Gasteiger partial charge in [0.05, 0.1) is 0 Å². The molecule has 3 heteroatoms. The maximum Gasteiger partial charge on any atom is 0.133 e. The molecule has 0 radical (unpaired) electrons. The third-order valence-corrected chi connectivity index (χ3v) is 2.95. The summed E-state index contributed by atoms with van der Waals surface area (Å²) in [4.78, 5) is 7.03. The van der Waals surface area contributed by atoms with Crippen molar-refractivity contribution in [2.75, 3.05) is 25.0 Å². The highest BCUT2D eigenvalue weighted by Crippen LogP contribution is 2.22. The Morgan fingerprint density at radius 1 is 1.44 bits per heavy atom. The lowest BCUT2D eigenvalue weighted by atomic mass is 10.1. The summed E-state index contributed by atoms with van der Waals surface area (Å²) in [7, 11) is 1.97. The summed E-state index contributed by atoms with van der Waals surface area (Å²) in [5, 5.41) is 3.23.